The third kappa shape index (κ3) is 1.83. The summed E-state index contributed by atoms with van der Waals surface area (Å²) >= 11 is 1.75. The van der Waals surface area contributed by atoms with E-state index in [9.17, 15) is 0 Å². The van der Waals surface area contributed by atoms with E-state index in [1.807, 2.05) is 18.3 Å². The van der Waals surface area contributed by atoms with E-state index in [1.165, 1.54) is 0 Å². The fraction of sp³-hybridized carbons (Fsp3) is 0.273. The lowest BCUT2D eigenvalue weighted by molar-refractivity contribution is 0.948. The summed E-state index contributed by atoms with van der Waals surface area (Å²) in [7, 11) is 0. The molecule has 3 nitrogen and oxygen atoms in total. The quantitative estimate of drug-likeness (QED) is 0.726. The Hall–Kier alpha value is -1.47. The summed E-state index contributed by atoms with van der Waals surface area (Å²) in [6, 6.07) is 6.15. The maximum Gasteiger partial charge on any atom is 0.103 e. The summed E-state index contributed by atoms with van der Waals surface area (Å²) in [6.07, 6.45) is 3.47. The van der Waals surface area contributed by atoms with E-state index in [-0.39, 0.29) is 0 Å². The highest BCUT2D eigenvalue weighted by Crippen LogP contribution is 2.28. The van der Waals surface area contributed by atoms with Crippen molar-refractivity contribution in [3.8, 4) is 6.07 Å². The van der Waals surface area contributed by atoms with Gasteiger partial charge in [0.25, 0.3) is 0 Å². The van der Waals surface area contributed by atoms with Gasteiger partial charge in [0.2, 0.25) is 0 Å². The molecule has 0 bridgehead atoms. The molecule has 4 heteroatoms. The summed E-state index contributed by atoms with van der Waals surface area (Å²) in [4.78, 5) is 1.11. The van der Waals surface area contributed by atoms with Gasteiger partial charge in [-0.25, -0.2) is 4.52 Å². The van der Waals surface area contributed by atoms with Crippen LogP contribution in [0.15, 0.2) is 29.4 Å². The van der Waals surface area contributed by atoms with Gasteiger partial charge >= 0.3 is 0 Å². The minimum Gasteiger partial charge on any atom is -0.238 e. The Kier molecular flexibility index (Phi) is 2.65. The fourth-order valence-electron chi connectivity index (χ4n) is 1.44. The van der Waals surface area contributed by atoms with E-state index < -0.39 is 0 Å². The number of hydrogen-bond acceptors (Lipinski definition) is 3. The van der Waals surface area contributed by atoms with Gasteiger partial charge in [0, 0.05) is 16.3 Å². The van der Waals surface area contributed by atoms with Crippen LogP contribution in [-0.2, 0) is 0 Å². The molecule has 0 radical (unpaired) electrons. The van der Waals surface area contributed by atoms with Crippen LogP contribution in [0.2, 0.25) is 0 Å². The molecule has 0 N–H and O–H groups in total. The van der Waals surface area contributed by atoms with E-state index in [0.717, 1.165) is 10.4 Å². The van der Waals surface area contributed by atoms with E-state index in [2.05, 4.69) is 25.0 Å². The first-order valence-electron chi connectivity index (χ1n) is 4.75. The average Bonchev–Trinajstić information content (AvgIpc) is 2.61. The van der Waals surface area contributed by atoms with Crippen LogP contribution in [0.4, 0.5) is 0 Å². The molecule has 0 aliphatic carbocycles. The molecule has 2 aromatic rings. The van der Waals surface area contributed by atoms with Crippen molar-refractivity contribution < 1.29 is 0 Å². The summed E-state index contributed by atoms with van der Waals surface area (Å²) in [5, 5.41) is 13.6. The zero-order valence-corrected chi connectivity index (χ0v) is 9.45. The summed E-state index contributed by atoms with van der Waals surface area (Å²) < 4.78 is 1.75. The minimum absolute atomic E-state index is 0.498. The summed E-state index contributed by atoms with van der Waals surface area (Å²) in [5.74, 6) is 0. The number of pyridine rings is 1. The van der Waals surface area contributed by atoms with Gasteiger partial charge in [0.15, 0.2) is 0 Å². The van der Waals surface area contributed by atoms with Gasteiger partial charge < -0.3 is 0 Å². The molecule has 0 aromatic carbocycles. The molecule has 0 aliphatic heterocycles. The number of fused-ring (bicyclic) bond motifs is 1. The lowest BCUT2D eigenvalue weighted by atomic mass is 10.3. The van der Waals surface area contributed by atoms with E-state index >= 15 is 0 Å². The zero-order valence-electron chi connectivity index (χ0n) is 8.64. The highest BCUT2D eigenvalue weighted by atomic mass is 32.2. The van der Waals surface area contributed by atoms with Gasteiger partial charge in [-0.2, -0.15) is 10.4 Å². The Balaban J connectivity index is 2.63. The van der Waals surface area contributed by atoms with Crippen LogP contribution >= 0.6 is 11.8 Å². The van der Waals surface area contributed by atoms with Crippen LogP contribution in [0.5, 0.6) is 0 Å². The first-order chi connectivity index (χ1) is 7.22. The molecular weight excluding hydrogens is 206 g/mol. The predicted octanol–water partition coefficient (Wildman–Crippen LogP) is 2.71. The molecule has 0 atom stereocenters. The maximum absolute atomic E-state index is 8.97. The second-order valence-electron chi connectivity index (χ2n) is 3.50. The smallest absolute Gasteiger partial charge is 0.103 e. The summed E-state index contributed by atoms with van der Waals surface area (Å²) in [6.45, 7) is 4.27. The minimum atomic E-state index is 0.498. The van der Waals surface area contributed by atoms with Crippen LogP contribution < -0.4 is 0 Å². The molecular formula is C11H11N3S. The highest BCUT2D eigenvalue weighted by Gasteiger charge is 2.09. The van der Waals surface area contributed by atoms with Gasteiger partial charge in [0.1, 0.15) is 6.07 Å². The van der Waals surface area contributed by atoms with Crippen molar-refractivity contribution in [2.45, 2.75) is 24.0 Å². The molecule has 0 aliphatic rings. The van der Waals surface area contributed by atoms with Crippen molar-refractivity contribution in [1.29, 1.82) is 5.26 Å². The number of aromatic nitrogens is 2. The first kappa shape index (κ1) is 10.1. The largest absolute Gasteiger partial charge is 0.238 e. The van der Waals surface area contributed by atoms with Crippen molar-refractivity contribution in [2.24, 2.45) is 0 Å². The van der Waals surface area contributed by atoms with Crippen molar-refractivity contribution in [3.05, 3.63) is 30.1 Å². The zero-order chi connectivity index (χ0) is 10.8. The molecule has 2 rings (SSSR count). The monoisotopic (exact) mass is 217 g/mol. The number of nitrogens with zero attached hydrogens (tertiary/aromatic N) is 3. The Bertz CT molecular complexity index is 522. The second-order valence-corrected chi connectivity index (χ2v) is 5.12. The SMILES string of the molecule is CC(C)Sc1cccn2ncc(C#N)c12. The Morgan fingerprint density at radius 2 is 2.33 bits per heavy atom. The molecule has 0 spiro atoms. The third-order valence-corrected chi connectivity index (χ3v) is 3.04. The molecule has 0 unspecified atom stereocenters. The predicted molar refractivity (Wildman–Crippen MR) is 60.9 cm³/mol. The van der Waals surface area contributed by atoms with Gasteiger partial charge in [-0.05, 0) is 12.1 Å². The Morgan fingerprint density at radius 3 is 3.00 bits per heavy atom. The number of nitriles is 1. The van der Waals surface area contributed by atoms with Crippen LogP contribution in [0.3, 0.4) is 0 Å². The molecule has 0 fully saturated rings. The highest BCUT2D eigenvalue weighted by molar-refractivity contribution is 8.00. The van der Waals surface area contributed by atoms with Gasteiger partial charge in [-0.15, -0.1) is 11.8 Å². The van der Waals surface area contributed by atoms with E-state index in [1.54, 1.807) is 22.5 Å². The number of hydrogen-bond donors (Lipinski definition) is 0. The summed E-state index contributed by atoms with van der Waals surface area (Å²) in [5.41, 5.74) is 1.55. The van der Waals surface area contributed by atoms with Crippen molar-refractivity contribution in [2.75, 3.05) is 0 Å². The van der Waals surface area contributed by atoms with Crippen molar-refractivity contribution in [1.82, 2.24) is 9.61 Å². The van der Waals surface area contributed by atoms with Crippen LogP contribution in [-0.4, -0.2) is 14.9 Å². The van der Waals surface area contributed by atoms with E-state index in [0.29, 0.717) is 10.8 Å². The molecule has 0 saturated heterocycles. The first-order valence-corrected chi connectivity index (χ1v) is 5.63. The number of thioether (sulfide) groups is 1. The van der Waals surface area contributed by atoms with Gasteiger partial charge in [0.05, 0.1) is 17.3 Å². The van der Waals surface area contributed by atoms with Gasteiger partial charge in [-0.3, -0.25) is 0 Å². The lowest BCUT2D eigenvalue weighted by Crippen LogP contribution is -1.91. The van der Waals surface area contributed by atoms with Crippen molar-refractivity contribution >= 4 is 17.3 Å². The molecule has 2 heterocycles. The van der Waals surface area contributed by atoms with Crippen molar-refractivity contribution in [3.63, 3.8) is 0 Å². The topological polar surface area (TPSA) is 41.1 Å². The maximum atomic E-state index is 8.97. The lowest BCUT2D eigenvalue weighted by Gasteiger charge is -2.06. The standard InChI is InChI=1S/C11H11N3S/c1-8(2)15-10-4-3-5-14-11(10)9(6-12)7-13-14/h3-5,7-8H,1-2H3. The fourth-order valence-corrected chi connectivity index (χ4v) is 2.42. The molecule has 0 amide bonds. The Labute approximate surface area is 92.7 Å². The number of rotatable bonds is 2. The van der Waals surface area contributed by atoms with Gasteiger partial charge in [-0.1, -0.05) is 13.8 Å². The van der Waals surface area contributed by atoms with Crippen LogP contribution in [0.25, 0.3) is 5.52 Å². The molecule has 76 valence electrons. The second kappa shape index (κ2) is 3.95. The van der Waals surface area contributed by atoms with E-state index in [4.69, 9.17) is 5.26 Å². The molecule has 2 aromatic heterocycles. The molecule has 15 heavy (non-hydrogen) atoms. The normalized spacial score (nSPS) is 10.8. The Morgan fingerprint density at radius 1 is 1.53 bits per heavy atom. The van der Waals surface area contributed by atoms with Crippen LogP contribution in [0.1, 0.15) is 19.4 Å². The third-order valence-electron chi connectivity index (χ3n) is 1.99. The van der Waals surface area contributed by atoms with Crippen LogP contribution in [0, 0.1) is 11.3 Å². The molecule has 0 saturated carbocycles. The average molecular weight is 217 g/mol.